The quantitative estimate of drug-likeness (QED) is 0.317. The number of carboxylic acids is 1. The molecule has 0 radical (unpaired) electrons. The molecule has 11 heteroatoms. The second-order valence-electron chi connectivity index (χ2n) is 10.6. The highest BCUT2D eigenvalue weighted by Crippen LogP contribution is 2.26. The van der Waals surface area contributed by atoms with Crippen molar-refractivity contribution < 1.29 is 27.5 Å². The molecule has 1 atom stereocenters. The van der Waals surface area contributed by atoms with Gasteiger partial charge in [-0.25, -0.2) is 8.42 Å². The summed E-state index contributed by atoms with van der Waals surface area (Å²) in [5.41, 5.74) is 1.74. The molecule has 2 heterocycles. The van der Waals surface area contributed by atoms with E-state index in [1.54, 1.807) is 18.2 Å². The van der Waals surface area contributed by atoms with Crippen LogP contribution in [-0.2, 0) is 37.9 Å². The van der Waals surface area contributed by atoms with Crippen molar-refractivity contribution in [3.05, 3.63) is 65.6 Å². The summed E-state index contributed by atoms with van der Waals surface area (Å²) in [4.78, 5) is 28.5. The second kappa shape index (κ2) is 11.6. The first-order valence-electron chi connectivity index (χ1n) is 12.9. The van der Waals surface area contributed by atoms with E-state index in [2.05, 4.69) is 20.3 Å². The van der Waals surface area contributed by atoms with E-state index in [0.29, 0.717) is 30.1 Å². The number of hydrogen-bond acceptors (Lipinski definition) is 7. The predicted molar refractivity (Wildman–Crippen MR) is 148 cm³/mol. The minimum absolute atomic E-state index is 0.00827. The summed E-state index contributed by atoms with van der Waals surface area (Å²) in [5, 5.41) is 17.0. The third-order valence-electron chi connectivity index (χ3n) is 6.56. The van der Waals surface area contributed by atoms with Gasteiger partial charge in [-0.1, -0.05) is 45.0 Å². The lowest BCUT2D eigenvalue weighted by molar-refractivity contribution is -0.139. The number of nitrogens with zero attached hydrogens (tertiary/aromatic N) is 1. The number of amides is 1. The summed E-state index contributed by atoms with van der Waals surface area (Å²) in [6.45, 7) is 7.54. The van der Waals surface area contributed by atoms with Crippen LogP contribution in [0.25, 0.3) is 10.8 Å². The molecule has 2 aromatic carbocycles. The highest BCUT2D eigenvalue weighted by Gasteiger charge is 2.28. The number of nitrogens with one attached hydrogen (secondary N) is 3. The Labute approximate surface area is 227 Å². The zero-order valence-corrected chi connectivity index (χ0v) is 23.1. The van der Waals surface area contributed by atoms with E-state index < -0.39 is 22.0 Å². The maximum atomic E-state index is 12.9. The Balaban J connectivity index is 1.42. The van der Waals surface area contributed by atoms with Crippen molar-refractivity contribution in [3.8, 4) is 0 Å². The van der Waals surface area contributed by atoms with Crippen molar-refractivity contribution in [2.75, 3.05) is 13.1 Å². The summed E-state index contributed by atoms with van der Waals surface area (Å²) in [6, 6.07) is 10.5. The maximum Gasteiger partial charge on any atom is 0.322 e. The molecule has 1 aliphatic heterocycles. The maximum absolute atomic E-state index is 12.9. The fourth-order valence-electron chi connectivity index (χ4n) is 4.30. The second-order valence-corrected chi connectivity index (χ2v) is 12.3. The Hall–Kier alpha value is -3.70. The van der Waals surface area contributed by atoms with Gasteiger partial charge >= 0.3 is 5.97 Å². The topological polar surface area (TPSA) is 150 Å². The van der Waals surface area contributed by atoms with Crippen LogP contribution in [0.15, 0.2) is 63.0 Å². The van der Waals surface area contributed by atoms with E-state index in [-0.39, 0.29) is 29.1 Å². The summed E-state index contributed by atoms with van der Waals surface area (Å²) < 4.78 is 33.8. The number of carbonyl (C=O) groups is 2. The molecular weight excluding hydrogens is 520 g/mol. The molecule has 1 unspecified atom stereocenters. The number of carboxylic acid groups (broad SMARTS) is 1. The molecule has 4 rings (SSSR count). The molecule has 10 nitrogen and oxygen atoms in total. The highest BCUT2D eigenvalue weighted by molar-refractivity contribution is 7.89. The number of hydrogen-bond donors (Lipinski definition) is 4. The van der Waals surface area contributed by atoms with Crippen molar-refractivity contribution >= 4 is 38.6 Å². The van der Waals surface area contributed by atoms with Crippen LogP contribution in [0.2, 0.25) is 0 Å². The van der Waals surface area contributed by atoms with Gasteiger partial charge in [0, 0.05) is 36.7 Å². The molecule has 1 aliphatic rings. The number of sulfonamides is 1. The monoisotopic (exact) mass is 554 g/mol. The van der Waals surface area contributed by atoms with Crippen LogP contribution in [0.3, 0.4) is 0 Å². The molecule has 208 valence electrons. The third-order valence-corrected chi connectivity index (χ3v) is 8.04. The van der Waals surface area contributed by atoms with Gasteiger partial charge in [0.25, 0.3) is 0 Å². The Morgan fingerprint density at radius 3 is 2.54 bits per heavy atom. The van der Waals surface area contributed by atoms with Crippen LogP contribution < -0.4 is 15.4 Å². The van der Waals surface area contributed by atoms with Gasteiger partial charge in [0.15, 0.2) is 5.96 Å². The fourth-order valence-corrected chi connectivity index (χ4v) is 5.49. The number of rotatable bonds is 9. The van der Waals surface area contributed by atoms with Gasteiger partial charge in [-0.15, -0.1) is 0 Å². The molecule has 0 aliphatic carbocycles. The van der Waals surface area contributed by atoms with Crippen LogP contribution in [0.4, 0.5) is 0 Å². The van der Waals surface area contributed by atoms with E-state index >= 15 is 0 Å². The van der Waals surface area contributed by atoms with Crippen LogP contribution in [0.5, 0.6) is 0 Å². The van der Waals surface area contributed by atoms with E-state index in [1.807, 2.05) is 32.9 Å². The van der Waals surface area contributed by atoms with E-state index in [1.165, 1.54) is 18.4 Å². The number of aliphatic carboxylic acids is 1. The predicted octanol–water partition coefficient (Wildman–Crippen LogP) is 3.10. The molecular formula is C28H34N4O6S. The van der Waals surface area contributed by atoms with Crippen molar-refractivity contribution in [1.82, 2.24) is 15.4 Å². The Bertz CT molecular complexity index is 1490. The lowest BCUT2D eigenvalue weighted by atomic mass is 9.87. The van der Waals surface area contributed by atoms with Gasteiger partial charge in [0.1, 0.15) is 11.8 Å². The van der Waals surface area contributed by atoms with Crippen molar-refractivity contribution in [2.24, 2.45) is 4.99 Å². The van der Waals surface area contributed by atoms with Crippen LogP contribution >= 0.6 is 0 Å². The van der Waals surface area contributed by atoms with Crippen molar-refractivity contribution in [2.45, 2.75) is 62.8 Å². The first kappa shape index (κ1) is 28.3. The fraction of sp³-hybridized carbons (Fsp3) is 0.393. The molecule has 0 bridgehead atoms. The average molecular weight is 555 g/mol. The SMILES string of the molecule is CC(C)(C)c1ccc(S(=O)(=O)NC(Cc2occ3cc(CCC(=O)NC4=NCCCN4)ccc23)C(=O)O)cc1. The average Bonchev–Trinajstić information content (AvgIpc) is 3.29. The molecule has 1 amide bonds. The standard InChI is InChI=1S/C28H34N4O6S/c1-28(2,3)20-7-9-21(10-8-20)39(36,37)32-23(26(34)35)16-24-22-11-5-18(15-19(22)17-38-24)6-12-25(33)31-27-29-13-4-14-30-27/h5,7-11,15,17,23,32H,4,6,12-14,16H2,1-3H3,(H,34,35)(H2,29,30,31,33). The van der Waals surface area contributed by atoms with Gasteiger partial charge in [-0.3, -0.25) is 19.9 Å². The zero-order chi connectivity index (χ0) is 28.2. The molecule has 0 saturated heterocycles. The number of fused-ring (bicyclic) bond motifs is 1. The van der Waals surface area contributed by atoms with Gasteiger partial charge < -0.3 is 14.8 Å². The van der Waals surface area contributed by atoms with Crippen LogP contribution in [0.1, 0.15) is 50.5 Å². The number of benzene rings is 2. The number of furan rings is 1. The van der Waals surface area contributed by atoms with E-state index in [0.717, 1.165) is 29.5 Å². The number of carbonyl (C=O) groups excluding carboxylic acids is 1. The lowest BCUT2D eigenvalue weighted by Crippen LogP contribution is -2.43. The number of guanidine groups is 1. The van der Waals surface area contributed by atoms with Crippen molar-refractivity contribution in [3.63, 3.8) is 0 Å². The Morgan fingerprint density at radius 1 is 1.15 bits per heavy atom. The summed E-state index contributed by atoms with van der Waals surface area (Å²) in [5.74, 6) is -0.588. The molecule has 0 spiro atoms. The van der Waals surface area contributed by atoms with Gasteiger partial charge in [-0.05, 0) is 47.6 Å². The molecule has 1 aromatic heterocycles. The van der Waals surface area contributed by atoms with Crippen LogP contribution in [-0.4, -0.2) is 50.5 Å². The van der Waals surface area contributed by atoms with E-state index in [9.17, 15) is 23.1 Å². The molecule has 0 saturated carbocycles. The minimum Gasteiger partial charge on any atom is -0.480 e. The third kappa shape index (κ3) is 7.24. The first-order chi connectivity index (χ1) is 18.4. The summed E-state index contributed by atoms with van der Waals surface area (Å²) in [6.07, 6.45) is 3.05. The zero-order valence-electron chi connectivity index (χ0n) is 22.3. The number of aryl methyl sites for hydroxylation is 1. The largest absolute Gasteiger partial charge is 0.480 e. The Kier molecular flexibility index (Phi) is 8.41. The first-order valence-corrected chi connectivity index (χ1v) is 14.3. The molecule has 39 heavy (non-hydrogen) atoms. The van der Waals surface area contributed by atoms with Crippen LogP contribution in [0, 0.1) is 0 Å². The van der Waals surface area contributed by atoms with Gasteiger partial charge in [-0.2, -0.15) is 4.72 Å². The summed E-state index contributed by atoms with van der Waals surface area (Å²) >= 11 is 0. The Morgan fingerprint density at radius 2 is 1.90 bits per heavy atom. The summed E-state index contributed by atoms with van der Waals surface area (Å²) in [7, 11) is -4.08. The number of aliphatic imine (C=N–C) groups is 1. The molecule has 3 aromatic rings. The highest BCUT2D eigenvalue weighted by atomic mass is 32.2. The van der Waals surface area contributed by atoms with E-state index in [4.69, 9.17) is 4.42 Å². The normalized spacial score (nSPS) is 14.9. The smallest absolute Gasteiger partial charge is 0.322 e. The van der Waals surface area contributed by atoms with Crippen molar-refractivity contribution in [1.29, 1.82) is 0 Å². The van der Waals surface area contributed by atoms with Gasteiger partial charge in [0.2, 0.25) is 15.9 Å². The molecule has 0 fully saturated rings. The minimum atomic E-state index is -4.08. The lowest BCUT2D eigenvalue weighted by Gasteiger charge is -2.19. The van der Waals surface area contributed by atoms with Gasteiger partial charge in [0.05, 0.1) is 11.2 Å². The molecule has 4 N–H and O–H groups in total.